The zero-order valence-electron chi connectivity index (χ0n) is 18.3. The van der Waals surface area contributed by atoms with Crippen molar-refractivity contribution >= 4 is 23.4 Å². The molecule has 1 atom stereocenters. The third kappa shape index (κ3) is 4.41. The minimum absolute atomic E-state index is 0.0408. The van der Waals surface area contributed by atoms with Crippen LogP contribution in [0.5, 0.6) is 5.75 Å². The van der Waals surface area contributed by atoms with Crippen molar-refractivity contribution in [3.05, 3.63) is 46.2 Å². The fourth-order valence-corrected chi connectivity index (χ4v) is 4.99. The second-order valence-corrected chi connectivity index (χ2v) is 9.30. The van der Waals surface area contributed by atoms with E-state index < -0.39 is 40.6 Å². The highest BCUT2D eigenvalue weighted by atomic mass is 35.5. The van der Waals surface area contributed by atoms with Gasteiger partial charge in [-0.2, -0.15) is 5.10 Å². The summed E-state index contributed by atoms with van der Waals surface area (Å²) in [5, 5.41) is 20.5. The number of aromatic nitrogens is 2. The van der Waals surface area contributed by atoms with Crippen LogP contribution in [0.2, 0.25) is 5.02 Å². The van der Waals surface area contributed by atoms with Crippen LogP contribution in [-0.2, 0) is 11.8 Å². The first kappa shape index (κ1) is 23.4. The molecule has 3 saturated carbocycles. The first-order valence-electron chi connectivity index (χ1n) is 10.6. The van der Waals surface area contributed by atoms with Gasteiger partial charge in [0, 0.05) is 18.7 Å². The molecule has 1 unspecified atom stereocenters. The number of carbonyl (C=O) groups is 2. The van der Waals surface area contributed by atoms with Gasteiger partial charge in [-0.3, -0.25) is 14.3 Å². The highest BCUT2D eigenvalue weighted by Crippen LogP contribution is 2.47. The maximum Gasteiger partial charge on any atom is 0.273 e. The molecule has 5 rings (SSSR count). The fraction of sp³-hybridized carbons (Fsp3) is 0.500. The first-order valence-corrected chi connectivity index (χ1v) is 11.0. The quantitative estimate of drug-likeness (QED) is 0.586. The minimum Gasteiger partial charge on any atom is -0.484 e. The Hall–Kier alpha value is -2.72. The number of hydrogen-bond acceptors (Lipinski definition) is 5. The number of amides is 2. The molecule has 1 heterocycles. The molecule has 3 aliphatic rings. The van der Waals surface area contributed by atoms with Crippen LogP contribution in [-0.4, -0.2) is 50.5 Å². The summed E-state index contributed by atoms with van der Waals surface area (Å²) < 4.78 is 34.4. The smallest absolute Gasteiger partial charge is 0.273 e. The molecule has 2 bridgehead atoms. The number of carbonyl (C=O) groups excluding carboxylic acids is 2. The van der Waals surface area contributed by atoms with Crippen molar-refractivity contribution in [1.82, 2.24) is 20.4 Å². The Morgan fingerprint density at radius 1 is 1.27 bits per heavy atom. The summed E-state index contributed by atoms with van der Waals surface area (Å²) in [5.41, 5.74) is -1.59. The molecule has 3 aliphatic carbocycles. The molecule has 0 radical (unpaired) electrons. The number of fused-ring (bicyclic) bond motifs is 3. The van der Waals surface area contributed by atoms with Crippen LogP contribution in [0.25, 0.3) is 0 Å². The second kappa shape index (κ2) is 8.57. The molecule has 2 aromatic rings. The number of rotatable bonds is 6. The number of nitrogens with one attached hydrogen (secondary N) is 2. The van der Waals surface area contributed by atoms with Crippen LogP contribution in [0.1, 0.15) is 48.3 Å². The summed E-state index contributed by atoms with van der Waals surface area (Å²) in [6, 6.07) is 3.90. The van der Waals surface area contributed by atoms with E-state index in [9.17, 15) is 23.5 Å². The van der Waals surface area contributed by atoms with E-state index >= 15 is 0 Å². The van der Waals surface area contributed by atoms with E-state index in [-0.39, 0.29) is 35.2 Å². The molecule has 1 aromatic carbocycles. The Morgan fingerprint density at radius 2 is 1.97 bits per heavy atom. The maximum atomic E-state index is 14.3. The van der Waals surface area contributed by atoms with Gasteiger partial charge in [-0.25, -0.2) is 8.78 Å². The fourth-order valence-electron chi connectivity index (χ4n) is 4.87. The molecule has 2 amide bonds. The number of aliphatic hydroxyl groups is 1. The monoisotopic (exact) mass is 482 g/mol. The van der Waals surface area contributed by atoms with Crippen molar-refractivity contribution in [2.75, 3.05) is 6.61 Å². The van der Waals surface area contributed by atoms with Crippen LogP contribution < -0.4 is 15.4 Å². The van der Waals surface area contributed by atoms with Crippen molar-refractivity contribution in [1.29, 1.82) is 0 Å². The average molecular weight is 483 g/mol. The van der Waals surface area contributed by atoms with Crippen LogP contribution >= 0.6 is 11.6 Å². The standard InChI is InChI=1S/C22H25ClF2N4O4/c1-12-18(25)19(29(2)28-12)20(32)27-22-7-5-21(6-8-22,10-16(22)30)26-17(31)11-33-13-3-4-14(23)15(24)9-13/h3-4,9,16,30H,5-8,10-11H2,1-2H3,(H,26,31)(H,27,32). The second-order valence-electron chi connectivity index (χ2n) is 8.89. The van der Waals surface area contributed by atoms with E-state index in [0.717, 1.165) is 6.07 Å². The predicted octanol–water partition coefficient (Wildman–Crippen LogP) is 2.40. The molecule has 11 heteroatoms. The van der Waals surface area contributed by atoms with Crippen LogP contribution in [0.4, 0.5) is 8.78 Å². The Labute approximate surface area is 194 Å². The average Bonchev–Trinajstić information content (AvgIpc) is 3.01. The highest BCUT2D eigenvalue weighted by Gasteiger charge is 2.55. The third-order valence-corrected chi connectivity index (χ3v) is 7.02. The van der Waals surface area contributed by atoms with Gasteiger partial charge in [-0.1, -0.05) is 11.6 Å². The van der Waals surface area contributed by atoms with Crippen molar-refractivity contribution in [2.24, 2.45) is 7.05 Å². The van der Waals surface area contributed by atoms with Crippen LogP contribution in [0.15, 0.2) is 18.2 Å². The number of nitrogens with zero attached hydrogens (tertiary/aromatic N) is 2. The number of hydrogen-bond donors (Lipinski definition) is 3. The third-order valence-electron chi connectivity index (χ3n) is 6.71. The molecule has 0 spiro atoms. The lowest BCUT2D eigenvalue weighted by Gasteiger charge is -2.56. The number of benzene rings is 1. The number of ether oxygens (including phenoxy) is 1. The molecular weight excluding hydrogens is 458 g/mol. The van der Waals surface area contributed by atoms with Gasteiger partial charge in [-0.15, -0.1) is 0 Å². The SMILES string of the molecule is Cc1nn(C)c(C(=O)NC23CCC(NC(=O)COc4ccc(Cl)c(F)c4)(CC2)CC3O)c1F. The van der Waals surface area contributed by atoms with Crippen molar-refractivity contribution in [3.8, 4) is 5.75 Å². The van der Waals surface area contributed by atoms with Crippen LogP contribution in [0.3, 0.4) is 0 Å². The lowest BCUT2D eigenvalue weighted by Crippen LogP contribution is -2.70. The summed E-state index contributed by atoms with van der Waals surface area (Å²) in [6.45, 7) is 1.16. The Morgan fingerprint density at radius 3 is 2.55 bits per heavy atom. The number of aryl methyl sites for hydroxylation is 2. The summed E-state index contributed by atoms with van der Waals surface area (Å²) in [6.07, 6.45) is 1.20. The molecule has 0 saturated heterocycles. The number of aliphatic hydroxyl groups excluding tert-OH is 1. The molecule has 1 aromatic heterocycles. The van der Waals surface area contributed by atoms with Gasteiger partial charge < -0.3 is 20.5 Å². The first-order chi connectivity index (χ1) is 15.5. The van der Waals surface area contributed by atoms with Gasteiger partial charge in [0.15, 0.2) is 18.1 Å². The van der Waals surface area contributed by atoms with Gasteiger partial charge in [0.2, 0.25) is 0 Å². The maximum absolute atomic E-state index is 14.3. The van der Waals surface area contributed by atoms with Crippen molar-refractivity contribution in [2.45, 2.75) is 56.2 Å². The molecule has 3 N–H and O–H groups in total. The van der Waals surface area contributed by atoms with E-state index in [2.05, 4.69) is 15.7 Å². The van der Waals surface area contributed by atoms with Gasteiger partial charge >= 0.3 is 0 Å². The van der Waals surface area contributed by atoms with E-state index in [1.165, 1.54) is 30.8 Å². The van der Waals surface area contributed by atoms with Gasteiger partial charge in [0.05, 0.1) is 22.4 Å². The number of halogens is 3. The summed E-state index contributed by atoms with van der Waals surface area (Å²) in [5.74, 6) is -2.18. The Bertz CT molecular complexity index is 1100. The molecule has 178 valence electrons. The zero-order chi connectivity index (χ0) is 24.0. The highest BCUT2D eigenvalue weighted by molar-refractivity contribution is 6.30. The summed E-state index contributed by atoms with van der Waals surface area (Å²) in [7, 11) is 1.49. The molecular formula is C22H25ClF2N4O4. The normalized spacial score (nSPS) is 26.2. The Kier molecular flexibility index (Phi) is 6.09. The Balaban J connectivity index is 1.37. The van der Waals surface area contributed by atoms with Gasteiger partial charge in [0.25, 0.3) is 11.8 Å². The lowest BCUT2D eigenvalue weighted by molar-refractivity contribution is -0.129. The molecule has 8 nitrogen and oxygen atoms in total. The van der Waals surface area contributed by atoms with Crippen molar-refractivity contribution in [3.63, 3.8) is 0 Å². The van der Waals surface area contributed by atoms with Gasteiger partial charge in [0.1, 0.15) is 11.6 Å². The summed E-state index contributed by atoms with van der Waals surface area (Å²) in [4.78, 5) is 25.3. The molecule has 33 heavy (non-hydrogen) atoms. The summed E-state index contributed by atoms with van der Waals surface area (Å²) >= 11 is 5.64. The van der Waals surface area contributed by atoms with E-state index in [1.54, 1.807) is 0 Å². The topological polar surface area (TPSA) is 105 Å². The largest absolute Gasteiger partial charge is 0.484 e. The predicted molar refractivity (Wildman–Crippen MR) is 115 cm³/mol. The van der Waals surface area contributed by atoms with E-state index in [0.29, 0.717) is 25.7 Å². The van der Waals surface area contributed by atoms with E-state index in [1.807, 2.05) is 0 Å². The molecule has 3 fully saturated rings. The van der Waals surface area contributed by atoms with Crippen molar-refractivity contribution < 1.29 is 28.2 Å². The molecule has 0 aliphatic heterocycles. The minimum atomic E-state index is -0.923. The lowest BCUT2D eigenvalue weighted by atomic mass is 9.60. The van der Waals surface area contributed by atoms with E-state index in [4.69, 9.17) is 16.3 Å². The van der Waals surface area contributed by atoms with Crippen LogP contribution in [0, 0.1) is 18.6 Å². The van der Waals surface area contributed by atoms with Gasteiger partial charge in [-0.05, 0) is 51.2 Å². The zero-order valence-corrected chi connectivity index (χ0v) is 19.0.